The van der Waals surface area contributed by atoms with Crippen LogP contribution < -0.4 is 4.72 Å². The number of nitrogens with zero attached hydrogens (tertiary/aromatic N) is 1. The minimum atomic E-state index is -3.83. The Balaban J connectivity index is 2.13. The number of likely N-dealkylation sites (tertiary alicyclic amines) is 1. The fourth-order valence-corrected chi connectivity index (χ4v) is 3.61. The van der Waals surface area contributed by atoms with Crippen molar-refractivity contribution in [1.82, 2.24) is 9.62 Å². The summed E-state index contributed by atoms with van der Waals surface area (Å²) in [7, 11) is -3.83. The molecule has 1 fully saturated rings. The molecule has 5 nitrogen and oxygen atoms in total. The van der Waals surface area contributed by atoms with E-state index in [4.69, 9.17) is 0 Å². The molecule has 1 aliphatic heterocycles. The Morgan fingerprint density at radius 3 is 2.38 bits per heavy atom. The Labute approximate surface area is 124 Å². The van der Waals surface area contributed by atoms with Gasteiger partial charge in [-0.3, -0.25) is 4.79 Å². The fourth-order valence-electron chi connectivity index (χ4n) is 2.34. The van der Waals surface area contributed by atoms with Gasteiger partial charge in [-0.1, -0.05) is 6.92 Å². The van der Waals surface area contributed by atoms with Gasteiger partial charge in [0.05, 0.1) is 4.90 Å². The molecule has 0 aliphatic carbocycles. The van der Waals surface area contributed by atoms with Gasteiger partial charge in [-0.2, -0.15) is 4.72 Å². The molecule has 0 bridgehead atoms. The molecule has 0 spiro atoms. The van der Waals surface area contributed by atoms with E-state index in [0.29, 0.717) is 19.5 Å². The van der Waals surface area contributed by atoms with Crippen molar-refractivity contribution in [1.29, 1.82) is 0 Å². The second-order valence-electron chi connectivity index (χ2n) is 5.07. The number of sulfonamides is 1. The third-order valence-corrected chi connectivity index (χ3v) is 5.03. The first kappa shape index (κ1) is 15.9. The van der Waals surface area contributed by atoms with E-state index in [1.807, 2.05) is 0 Å². The van der Waals surface area contributed by atoms with Crippen LogP contribution in [0.3, 0.4) is 0 Å². The van der Waals surface area contributed by atoms with E-state index < -0.39 is 21.9 Å². The van der Waals surface area contributed by atoms with Gasteiger partial charge in [0.15, 0.2) is 0 Å². The highest BCUT2D eigenvalue weighted by Crippen LogP contribution is 2.14. The van der Waals surface area contributed by atoms with E-state index in [0.717, 1.165) is 25.0 Å². The molecule has 21 heavy (non-hydrogen) atoms. The average molecular weight is 314 g/mol. The number of hydrogen-bond acceptors (Lipinski definition) is 3. The predicted octanol–water partition coefficient (Wildman–Crippen LogP) is 1.51. The number of nitrogens with one attached hydrogen (secondary N) is 1. The summed E-state index contributed by atoms with van der Waals surface area (Å²) in [6.45, 7) is 3.10. The Hall–Kier alpha value is -1.47. The first-order valence-electron chi connectivity index (χ1n) is 7.00. The van der Waals surface area contributed by atoms with Gasteiger partial charge in [0.25, 0.3) is 0 Å². The van der Waals surface area contributed by atoms with Crippen LogP contribution in [-0.2, 0) is 14.8 Å². The van der Waals surface area contributed by atoms with Crippen LogP contribution in [0.15, 0.2) is 29.2 Å². The molecular formula is C14H19FN2O3S. The molecule has 1 N–H and O–H groups in total. The number of benzene rings is 1. The Morgan fingerprint density at radius 2 is 1.86 bits per heavy atom. The zero-order chi connectivity index (χ0) is 15.5. The summed E-state index contributed by atoms with van der Waals surface area (Å²) in [6.07, 6.45) is 2.27. The van der Waals surface area contributed by atoms with Crippen LogP contribution in [0, 0.1) is 5.82 Å². The molecule has 116 valence electrons. The maximum absolute atomic E-state index is 12.9. The van der Waals surface area contributed by atoms with Crippen molar-refractivity contribution in [3.63, 3.8) is 0 Å². The molecule has 1 aromatic carbocycles. The van der Waals surface area contributed by atoms with E-state index in [9.17, 15) is 17.6 Å². The Bertz CT molecular complexity index is 595. The SMILES string of the molecule is CCC(NS(=O)(=O)c1ccc(F)cc1)C(=O)N1CCCC1. The fraction of sp³-hybridized carbons (Fsp3) is 0.500. The summed E-state index contributed by atoms with van der Waals surface area (Å²) in [5, 5.41) is 0. The van der Waals surface area contributed by atoms with Crippen LogP contribution in [0.5, 0.6) is 0 Å². The first-order valence-corrected chi connectivity index (χ1v) is 8.49. The van der Waals surface area contributed by atoms with Crippen molar-refractivity contribution in [3.8, 4) is 0 Å². The van der Waals surface area contributed by atoms with Gasteiger partial charge in [0.1, 0.15) is 11.9 Å². The van der Waals surface area contributed by atoms with Crippen LogP contribution in [-0.4, -0.2) is 38.4 Å². The molecule has 1 atom stereocenters. The van der Waals surface area contributed by atoms with Crippen molar-refractivity contribution in [2.24, 2.45) is 0 Å². The van der Waals surface area contributed by atoms with Gasteiger partial charge >= 0.3 is 0 Å². The molecule has 1 heterocycles. The lowest BCUT2D eigenvalue weighted by Crippen LogP contribution is -2.47. The molecule has 2 rings (SSSR count). The van der Waals surface area contributed by atoms with E-state index in [-0.39, 0.29) is 10.8 Å². The second-order valence-corrected chi connectivity index (χ2v) is 6.78. The molecule has 1 unspecified atom stereocenters. The predicted molar refractivity (Wildman–Crippen MR) is 76.6 cm³/mol. The molecule has 1 amide bonds. The maximum atomic E-state index is 12.9. The summed E-state index contributed by atoms with van der Waals surface area (Å²) in [6, 6.07) is 3.75. The zero-order valence-electron chi connectivity index (χ0n) is 11.9. The third kappa shape index (κ3) is 3.79. The van der Waals surface area contributed by atoms with Gasteiger partial charge in [0, 0.05) is 13.1 Å². The van der Waals surface area contributed by atoms with Gasteiger partial charge in [-0.25, -0.2) is 12.8 Å². The number of halogens is 1. The number of carbonyl (C=O) groups excluding carboxylic acids is 1. The maximum Gasteiger partial charge on any atom is 0.241 e. The lowest BCUT2D eigenvalue weighted by Gasteiger charge is -2.23. The normalized spacial score (nSPS) is 17.0. The van der Waals surface area contributed by atoms with Crippen molar-refractivity contribution < 1.29 is 17.6 Å². The minimum Gasteiger partial charge on any atom is -0.341 e. The van der Waals surface area contributed by atoms with Crippen molar-refractivity contribution >= 4 is 15.9 Å². The minimum absolute atomic E-state index is 0.0448. The van der Waals surface area contributed by atoms with Crippen LogP contribution in [0.2, 0.25) is 0 Å². The van der Waals surface area contributed by atoms with E-state index in [1.165, 1.54) is 12.1 Å². The molecule has 7 heteroatoms. The van der Waals surface area contributed by atoms with Gasteiger partial charge in [0.2, 0.25) is 15.9 Å². The molecule has 1 aromatic rings. The number of carbonyl (C=O) groups is 1. The molecule has 0 radical (unpaired) electrons. The van der Waals surface area contributed by atoms with E-state index in [1.54, 1.807) is 11.8 Å². The Kier molecular flexibility index (Phi) is 4.95. The quantitative estimate of drug-likeness (QED) is 0.896. The van der Waals surface area contributed by atoms with Crippen LogP contribution in [0.1, 0.15) is 26.2 Å². The number of amides is 1. The van der Waals surface area contributed by atoms with Crippen LogP contribution in [0.25, 0.3) is 0 Å². The molecule has 0 aromatic heterocycles. The van der Waals surface area contributed by atoms with Crippen molar-refractivity contribution in [2.45, 2.75) is 37.1 Å². The summed E-state index contributed by atoms with van der Waals surface area (Å²) in [5.41, 5.74) is 0. The summed E-state index contributed by atoms with van der Waals surface area (Å²) >= 11 is 0. The number of rotatable bonds is 5. The van der Waals surface area contributed by atoms with Crippen molar-refractivity contribution in [2.75, 3.05) is 13.1 Å². The van der Waals surface area contributed by atoms with Crippen molar-refractivity contribution in [3.05, 3.63) is 30.1 Å². The first-order chi connectivity index (χ1) is 9.94. The van der Waals surface area contributed by atoms with Gasteiger partial charge in [-0.15, -0.1) is 0 Å². The van der Waals surface area contributed by atoms with E-state index in [2.05, 4.69) is 4.72 Å². The third-order valence-electron chi connectivity index (χ3n) is 3.55. The molecule has 0 saturated carbocycles. The summed E-state index contributed by atoms with van der Waals surface area (Å²) in [4.78, 5) is 13.9. The van der Waals surface area contributed by atoms with Gasteiger partial charge < -0.3 is 4.90 Å². The highest BCUT2D eigenvalue weighted by molar-refractivity contribution is 7.89. The van der Waals surface area contributed by atoms with Crippen LogP contribution >= 0.6 is 0 Å². The smallest absolute Gasteiger partial charge is 0.241 e. The molecular weight excluding hydrogens is 295 g/mol. The molecule has 1 aliphatic rings. The lowest BCUT2D eigenvalue weighted by atomic mass is 10.2. The summed E-state index contributed by atoms with van der Waals surface area (Å²) < 4.78 is 39.7. The van der Waals surface area contributed by atoms with Crippen LogP contribution in [0.4, 0.5) is 4.39 Å². The zero-order valence-corrected chi connectivity index (χ0v) is 12.7. The average Bonchev–Trinajstić information content (AvgIpc) is 2.98. The van der Waals surface area contributed by atoms with E-state index >= 15 is 0 Å². The topological polar surface area (TPSA) is 66.5 Å². The summed E-state index contributed by atoms with van der Waals surface area (Å²) in [5.74, 6) is -0.699. The highest BCUT2D eigenvalue weighted by Gasteiger charge is 2.29. The standard InChI is InChI=1S/C14H19FN2O3S/c1-2-13(14(18)17-9-3-4-10-17)16-21(19,20)12-7-5-11(15)6-8-12/h5-8,13,16H,2-4,9-10H2,1H3. The monoisotopic (exact) mass is 314 g/mol. The number of hydrogen-bond donors (Lipinski definition) is 1. The molecule has 1 saturated heterocycles. The Morgan fingerprint density at radius 1 is 1.29 bits per heavy atom. The largest absolute Gasteiger partial charge is 0.341 e. The lowest BCUT2D eigenvalue weighted by molar-refractivity contribution is -0.131. The second kappa shape index (κ2) is 6.53. The van der Waals surface area contributed by atoms with Gasteiger partial charge in [-0.05, 0) is 43.5 Å². The highest BCUT2D eigenvalue weighted by atomic mass is 32.2.